The number of hydrogen-bond acceptors (Lipinski definition) is 7. The normalized spacial score (nSPS) is 39.3. The maximum Gasteiger partial charge on any atom is 0.502 e. The van der Waals surface area contributed by atoms with Crippen molar-refractivity contribution in [3.63, 3.8) is 0 Å². The van der Waals surface area contributed by atoms with Gasteiger partial charge in [-0.2, -0.15) is 5.48 Å². The number of hydroxylamine groups is 1. The molecule has 3 heterocycles. The number of carbonyl (C=O) groups is 1. The first kappa shape index (κ1) is 16.3. The first-order valence-electron chi connectivity index (χ1n) is 8.15. The van der Waals surface area contributed by atoms with Crippen LogP contribution in [0.1, 0.15) is 40.0 Å². The Morgan fingerprint density at radius 2 is 2.27 bits per heavy atom. The molecule has 0 aromatic heterocycles. The first-order chi connectivity index (χ1) is 10.4. The van der Waals surface area contributed by atoms with Crippen LogP contribution in [0.5, 0.6) is 0 Å². The zero-order valence-electron chi connectivity index (χ0n) is 13.5. The Bertz CT molecular complexity index is 429. The van der Waals surface area contributed by atoms with Gasteiger partial charge in [-0.05, 0) is 46.6 Å². The fraction of sp³-hybridized carbons (Fsp3) is 0.929. The lowest BCUT2D eigenvalue weighted by Gasteiger charge is -2.34. The standard InChI is InChI=1S/C14H26N2O5Si/c1-10-12-14(2,3)21-22(19-10,20-12)9-5-8-16-18-13(17)11-6-4-7-15-11/h10-12,15-16H,4-9H2,1-3H3/t10?,11-,12?,22?/m0/s1. The molecule has 4 atom stereocenters. The summed E-state index contributed by atoms with van der Waals surface area (Å²) >= 11 is 0. The zero-order chi connectivity index (χ0) is 15.8. The van der Waals surface area contributed by atoms with Crippen LogP contribution in [0.15, 0.2) is 0 Å². The lowest BCUT2D eigenvalue weighted by molar-refractivity contribution is -0.153. The van der Waals surface area contributed by atoms with Gasteiger partial charge in [-0.3, -0.25) is 0 Å². The molecule has 7 nitrogen and oxygen atoms in total. The van der Waals surface area contributed by atoms with E-state index < -0.39 is 8.80 Å². The average molecular weight is 330 g/mol. The van der Waals surface area contributed by atoms with Crippen LogP contribution in [0, 0.1) is 0 Å². The predicted molar refractivity (Wildman–Crippen MR) is 80.9 cm³/mol. The molecule has 0 aromatic rings. The molecular weight excluding hydrogens is 304 g/mol. The lowest BCUT2D eigenvalue weighted by atomic mass is 9.98. The largest absolute Gasteiger partial charge is 0.502 e. The SMILES string of the molecule is CC1O[Si]2(CCCNOC(=O)[C@@H]3CCCN3)OC1C(C)(C)O2. The molecule has 8 heteroatoms. The number of nitrogens with one attached hydrogen (secondary N) is 2. The molecule has 0 saturated carbocycles. The molecule has 22 heavy (non-hydrogen) atoms. The summed E-state index contributed by atoms with van der Waals surface area (Å²) in [6.45, 7) is 7.61. The van der Waals surface area contributed by atoms with Gasteiger partial charge < -0.3 is 23.4 Å². The fourth-order valence-corrected chi connectivity index (χ4v) is 7.07. The van der Waals surface area contributed by atoms with Gasteiger partial charge in [0, 0.05) is 12.6 Å². The maximum atomic E-state index is 11.7. The number of rotatable bonds is 6. The first-order valence-corrected chi connectivity index (χ1v) is 10.1. The highest BCUT2D eigenvalue weighted by atomic mass is 28.4. The van der Waals surface area contributed by atoms with Crippen molar-refractivity contribution in [3.05, 3.63) is 0 Å². The van der Waals surface area contributed by atoms with Gasteiger partial charge in [-0.1, -0.05) is 0 Å². The second-order valence-corrected chi connectivity index (χ2v) is 9.36. The maximum absolute atomic E-state index is 11.7. The van der Waals surface area contributed by atoms with E-state index in [4.69, 9.17) is 18.1 Å². The van der Waals surface area contributed by atoms with Crippen LogP contribution >= 0.6 is 0 Å². The summed E-state index contributed by atoms with van der Waals surface area (Å²) in [6.07, 6.45) is 2.77. The van der Waals surface area contributed by atoms with E-state index in [-0.39, 0.29) is 29.8 Å². The van der Waals surface area contributed by atoms with Crippen molar-refractivity contribution in [1.29, 1.82) is 0 Å². The summed E-state index contributed by atoms with van der Waals surface area (Å²) in [5.41, 5.74) is 2.47. The Morgan fingerprint density at radius 1 is 1.45 bits per heavy atom. The zero-order valence-corrected chi connectivity index (χ0v) is 14.5. The molecule has 0 amide bonds. The van der Waals surface area contributed by atoms with Gasteiger partial charge in [-0.25, -0.2) is 4.79 Å². The van der Waals surface area contributed by atoms with Crippen LogP contribution < -0.4 is 10.8 Å². The number of hydrogen-bond donors (Lipinski definition) is 2. The monoisotopic (exact) mass is 330 g/mol. The van der Waals surface area contributed by atoms with E-state index in [1.165, 1.54) is 0 Å². The Hall–Kier alpha value is -0.513. The Labute approximate surface area is 132 Å². The van der Waals surface area contributed by atoms with E-state index in [1.807, 2.05) is 6.92 Å². The van der Waals surface area contributed by atoms with E-state index in [0.717, 1.165) is 31.9 Å². The highest BCUT2D eigenvalue weighted by molar-refractivity contribution is 6.62. The van der Waals surface area contributed by atoms with Crippen LogP contribution in [0.25, 0.3) is 0 Å². The minimum atomic E-state index is -2.53. The second kappa shape index (κ2) is 6.18. The summed E-state index contributed by atoms with van der Waals surface area (Å²) < 4.78 is 18.1. The molecule has 3 rings (SSSR count). The summed E-state index contributed by atoms with van der Waals surface area (Å²) in [7, 11) is -2.53. The molecule has 3 fully saturated rings. The molecule has 3 aliphatic rings. The van der Waals surface area contributed by atoms with Crippen LogP contribution in [0.3, 0.4) is 0 Å². The minimum absolute atomic E-state index is 0.0263. The molecule has 3 aliphatic heterocycles. The third-order valence-electron chi connectivity index (χ3n) is 4.48. The molecular formula is C14H26N2O5Si. The molecule has 0 aromatic carbocycles. The van der Waals surface area contributed by atoms with Crippen molar-refractivity contribution in [3.8, 4) is 0 Å². The summed E-state index contributed by atoms with van der Waals surface area (Å²) in [5, 5.41) is 3.11. The summed E-state index contributed by atoms with van der Waals surface area (Å²) in [4.78, 5) is 16.8. The second-order valence-electron chi connectivity index (χ2n) is 6.82. The highest BCUT2D eigenvalue weighted by Gasteiger charge is 2.65. The van der Waals surface area contributed by atoms with Gasteiger partial charge in [0.25, 0.3) is 0 Å². The van der Waals surface area contributed by atoms with Crippen molar-refractivity contribution in [1.82, 2.24) is 10.8 Å². The number of carbonyl (C=O) groups excluding carboxylic acids is 1. The minimum Gasteiger partial charge on any atom is -0.369 e. The molecule has 2 bridgehead atoms. The molecule has 2 N–H and O–H groups in total. The molecule has 0 aliphatic carbocycles. The predicted octanol–water partition coefficient (Wildman–Crippen LogP) is 0.728. The van der Waals surface area contributed by atoms with Crippen LogP contribution in [-0.4, -0.2) is 51.7 Å². The molecule has 3 unspecified atom stereocenters. The smallest absolute Gasteiger partial charge is 0.369 e. The third kappa shape index (κ3) is 3.22. The van der Waals surface area contributed by atoms with Gasteiger partial charge in [0.1, 0.15) is 12.1 Å². The van der Waals surface area contributed by atoms with E-state index in [1.54, 1.807) is 0 Å². The Morgan fingerprint density at radius 3 is 2.91 bits per heavy atom. The molecule has 0 spiro atoms. The third-order valence-corrected chi connectivity index (χ3v) is 7.63. The Kier molecular flexibility index (Phi) is 4.59. The van der Waals surface area contributed by atoms with Gasteiger partial charge in [0.05, 0.1) is 11.7 Å². The van der Waals surface area contributed by atoms with E-state index in [0.29, 0.717) is 6.54 Å². The quantitative estimate of drug-likeness (QED) is 0.422. The van der Waals surface area contributed by atoms with Gasteiger partial charge in [0.15, 0.2) is 0 Å². The number of fused-ring (bicyclic) bond motifs is 2. The van der Waals surface area contributed by atoms with Gasteiger partial charge in [0.2, 0.25) is 0 Å². The van der Waals surface area contributed by atoms with Crippen molar-refractivity contribution in [2.45, 2.75) is 69.9 Å². The van der Waals surface area contributed by atoms with E-state index >= 15 is 0 Å². The van der Waals surface area contributed by atoms with E-state index in [9.17, 15) is 4.79 Å². The van der Waals surface area contributed by atoms with Crippen molar-refractivity contribution in [2.24, 2.45) is 0 Å². The van der Waals surface area contributed by atoms with Crippen molar-refractivity contribution < 1.29 is 22.9 Å². The molecule has 3 saturated heterocycles. The average Bonchev–Trinajstić information content (AvgIpc) is 3.11. The van der Waals surface area contributed by atoms with E-state index in [2.05, 4.69) is 24.6 Å². The summed E-state index contributed by atoms with van der Waals surface area (Å²) in [6, 6.07) is 0.575. The molecule has 0 radical (unpaired) electrons. The fourth-order valence-electron chi connectivity index (χ4n) is 3.50. The van der Waals surface area contributed by atoms with Crippen LogP contribution in [0.4, 0.5) is 0 Å². The van der Waals surface area contributed by atoms with Crippen LogP contribution in [0.2, 0.25) is 6.04 Å². The van der Waals surface area contributed by atoms with Gasteiger partial charge >= 0.3 is 14.8 Å². The highest BCUT2D eigenvalue weighted by Crippen LogP contribution is 2.45. The van der Waals surface area contributed by atoms with Crippen molar-refractivity contribution >= 4 is 14.8 Å². The molecule has 126 valence electrons. The Balaban J connectivity index is 1.36. The summed E-state index contributed by atoms with van der Waals surface area (Å²) in [5.74, 6) is -0.229. The van der Waals surface area contributed by atoms with Gasteiger partial charge in [-0.15, -0.1) is 0 Å². The van der Waals surface area contributed by atoms with Crippen molar-refractivity contribution in [2.75, 3.05) is 13.1 Å². The topological polar surface area (TPSA) is 78.1 Å². The lowest BCUT2D eigenvalue weighted by Crippen LogP contribution is -2.50. The van der Waals surface area contributed by atoms with Crippen LogP contribution in [-0.2, 0) is 22.9 Å².